The Kier molecular flexibility index (Phi) is 3.73. The van der Waals surface area contributed by atoms with Gasteiger partial charge in [0.1, 0.15) is 0 Å². The first-order valence-corrected chi connectivity index (χ1v) is 8.17. The molecule has 0 unspecified atom stereocenters. The maximum absolute atomic E-state index is 4.58. The van der Waals surface area contributed by atoms with Crippen LogP contribution in [0.2, 0.25) is 0 Å². The van der Waals surface area contributed by atoms with Crippen LogP contribution in [0.3, 0.4) is 0 Å². The summed E-state index contributed by atoms with van der Waals surface area (Å²) in [4.78, 5) is 13.0. The third-order valence-corrected chi connectivity index (χ3v) is 4.30. The van der Waals surface area contributed by atoms with Crippen LogP contribution in [0.5, 0.6) is 0 Å². The summed E-state index contributed by atoms with van der Waals surface area (Å²) in [5.41, 5.74) is 3.17. The Morgan fingerprint density at radius 2 is 1.87 bits per heavy atom. The molecule has 0 spiro atoms. The summed E-state index contributed by atoms with van der Waals surface area (Å²) < 4.78 is 1.77. The molecular weight excluding hydrogens is 306 g/mol. The average Bonchev–Trinajstić information content (AvgIpc) is 3.04. The van der Waals surface area contributed by atoms with Crippen LogP contribution in [0.25, 0.3) is 17.0 Å². The first kappa shape index (κ1) is 13.9. The molecule has 0 saturated carbocycles. The molecular formula is C17H13N5S. The van der Waals surface area contributed by atoms with E-state index >= 15 is 0 Å². The lowest BCUT2D eigenvalue weighted by atomic mass is 10.2. The van der Waals surface area contributed by atoms with Crippen molar-refractivity contribution in [3.8, 4) is 11.3 Å². The Bertz CT molecular complexity index is 922. The molecule has 1 aromatic carbocycles. The van der Waals surface area contributed by atoms with Crippen molar-refractivity contribution in [3.63, 3.8) is 0 Å². The van der Waals surface area contributed by atoms with Gasteiger partial charge in [-0.3, -0.25) is 4.98 Å². The normalized spacial score (nSPS) is 11.0. The van der Waals surface area contributed by atoms with Crippen molar-refractivity contribution in [1.29, 1.82) is 0 Å². The van der Waals surface area contributed by atoms with Gasteiger partial charge in [-0.2, -0.15) is 9.50 Å². The predicted molar refractivity (Wildman–Crippen MR) is 90.0 cm³/mol. The maximum Gasteiger partial charge on any atom is 0.253 e. The fourth-order valence-electron chi connectivity index (χ4n) is 2.29. The van der Waals surface area contributed by atoms with E-state index in [2.05, 4.69) is 32.2 Å². The molecule has 6 heteroatoms. The molecule has 3 heterocycles. The van der Waals surface area contributed by atoms with E-state index in [0.29, 0.717) is 5.78 Å². The predicted octanol–water partition coefficient (Wildman–Crippen LogP) is 3.48. The minimum Gasteiger partial charge on any atom is -0.264 e. The lowest BCUT2D eigenvalue weighted by Gasteiger charge is -2.02. The van der Waals surface area contributed by atoms with Crippen molar-refractivity contribution in [2.45, 2.75) is 10.9 Å². The lowest BCUT2D eigenvalue weighted by Crippen LogP contribution is -1.96. The van der Waals surface area contributed by atoms with E-state index in [9.17, 15) is 0 Å². The van der Waals surface area contributed by atoms with Gasteiger partial charge in [-0.05, 0) is 23.8 Å². The summed E-state index contributed by atoms with van der Waals surface area (Å²) in [5, 5.41) is 5.30. The quantitative estimate of drug-likeness (QED) is 0.539. The second-order valence-electron chi connectivity index (χ2n) is 4.95. The van der Waals surface area contributed by atoms with E-state index in [0.717, 1.165) is 22.2 Å². The molecule has 3 aromatic heterocycles. The number of fused-ring (bicyclic) bond motifs is 1. The van der Waals surface area contributed by atoms with Crippen LogP contribution in [-0.4, -0.2) is 24.6 Å². The standard InChI is InChI=1S/C17H13N5S/c1-2-5-13(6-3-1)12-23-17-20-16-19-10-8-15(22(16)21-17)14-7-4-9-18-11-14/h1-11H,12H2. The number of benzene rings is 1. The average molecular weight is 319 g/mol. The van der Waals surface area contributed by atoms with Crippen LogP contribution in [-0.2, 0) is 5.75 Å². The molecule has 4 aromatic rings. The SMILES string of the molecule is c1ccc(CSc2nc3nccc(-c4cccnc4)n3n2)cc1. The smallest absolute Gasteiger partial charge is 0.253 e. The Hall–Kier alpha value is -2.73. The van der Waals surface area contributed by atoms with E-state index in [1.54, 1.807) is 28.7 Å². The Balaban J connectivity index is 1.66. The zero-order chi connectivity index (χ0) is 15.5. The van der Waals surface area contributed by atoms with Crippen LogP contribution < -0.4 is 0 Å². The van der Waals surface area contributed by atoms with E-state index < -0.39 is 0 Å². The van der Waals surface area contributed by atoms with Gasteiger partial charge in [0.25, 0.3) is 5.78 Å². The molecule has 0 aliphatic heterocycles. The third kappa shape index (κ3) is 2.93. The zero-order valence-corrected chi connectivity index (χ0v) is 13.0. The van der Waals surface area contributed by atoms with Gasteiger partial charge in [0.15, 0.2) is 0 Å². The second-order valence-corrected chi connectivity index (χ2v) is 5.89. The topological polar surface area (TPSA) is 56.0 Å². The molecule has 0 bridgehead atoms. The Morgan fingerprint density at radius 3 is 2.70 bits per heavy atom. The van der Waals surface area contributed by atoms with Gasteiger partial charge in [0.2, 0.25) is 5.16 Å². The largest absolute Gasteiger partial charge is 0.264 e. The van der Waals surface area contributed by atoms with Gasteiger partial charge in [-0.15, -0.1) is 5.10 Å². The molecule has 0 atom stereocenters. The summed E-state index contributed by atoms with van der Waals surface area (Å²) in [5.74, 6) is 1.43. The Morgan fingerprint density at radius 1 is 0.957 bits per heavy atom. The molecule has 0 radical (unpaired) electrons. The molecule has 0 aliphatic rings. The van der Waals surface area contributed by atoms with Crippen molar-refractivity contribution >= 4 is 17.5 Å². The van der Waals surface area contributed by atoms with E-state index in [1.807, 2.05) is 42.6 Å². The van der Waals surface area contributed by atoms with Crippen molar-refractivity contribution < 1.29 is 0 Å². The van der Waals surface area contributed by atoms with Crippen LogP contribution in [0.1, 0.15) is 5.56 Å². The summed E-state index contributed by atoms with van der Waals surface area (Å²) in [6, 6.07) is 16.1. The molecule has 5 nitrogen and oxygen atoms in total. The highest BCUT2D eigenvalue weighted by molar-refractivity contribution is 7.98. The van der Waals surface area contributed by atoms with E-state index in [4.69, 9.17) is 0 Å². The van der Waals surface area contributed by atoms with Gasteiger partial charge >= 0.3 is 0 Å². The minimum atomic E-state index is 0.599. The molecule has 23 heavy (non-hydrogen) atoms. The minimum absolute atomic E-state index is 0.599. The lowest BCUT2D eigenvalue weighted by molar-refractivity contribution is 0.885. The molecule has 4 rings (SSSR count). The highest BCUT2D eigenvalue weighted by atomic mass is 32.2. The van der Waals surface area contributed by atoms with Crippen LogP contribution in [0, 0.1) is 0 Å². The molecule has 0 amide bonds. The fraction of sp³-hybridized carbons (Fsp3) is 0.0588. The summed E-state index contributed by atoms with van der Waals surface area (Å²) in [6.07, 6.45) is 5.32. The van der Waals surface area contributed by atoms with Crippen LogP contribution in [0.4, 0.5) is 0 Å². The van der Waals surface area contributed by atoms with Gasteiger partial charge in [-0.1, -0.05) is 42.1 Å². The monoisotopic (exact) mass is 319 g/mol. The summed E-state index contributed by atoms with van der Waals surface area (Å²) >= 11 is 1.60. The molecule has 0 N–H and O–H groups in total. The molecule has 112 valence electrons. The second kappa shape index (κ2) is 6.18. The number of nitrogens with zero attached hydrogens (tertiary/aromatic N) is 5. The summed E-state index contributed by atoms with van der Waals surface area (Å²) in [7, 11) is 0. The summed E-state index contributed by atoms with van der Waals surface area (Å²) in [6.45, 7) is 0. The highest BCUT2D eigenvalue weighted by Gasteiger charge is 2.10. The third-order valence-electron chi connectivity index (χ3n) is 3.39. The van der Waals surface area contributed by atoms with Gasteiger partial charge in [0.05, 0.1) is 5.69 Å². The number of pyridine rings is 1. The first-order chi connectivity index (χ1) is 11.4. The fourth-order valence-corrected chi connectivity index (χ4v) is 3.07. The number of aromatic nitrogens is 5. The molecule has 0 aliphatic carbocycles. The number of hydrogen-bond donors (Lipinski definition) is 0. The van der Waals surface area contributed by atoms with Crippen LogP contribution >= 0.6 is 11.8 Å². The maximum atomic E-state index is 4.58. The van der Waals surface area contributed by atoms with E-state index in [-0.39, 0.29) is 0 Å². The zero-order valence-electron chi connectivity index (χ0n) is 12.2. The number of hydrogen-bond acceptors (Lipinski definition) is 5. The van der Waals surface area contributed by atoms with Gasteiger partial charge in [-0.25, -0.2) is 4.98 Å². The van der Waals surface area contributed by atoms with Crippen molar-refractivity contribution in [2.24, 2.45) is 0 Å². The first-order valence-electron chi connectivity index (χ1n) is 7.19. The van der Waals surface area contributed by atoms with Gasteiger partial charge in [0, 0.05) is 29.9 Å². The Labute approximate surface area is 137 Å². The van der Waals surface area contributed by atoms with Crippen molar-refractivity contribution in [3.05, 3.63) is 72.7 Å². The van der Waals surface area contributed by atoms with Gasteiger partial charge < -0.3 is 0 Å². The highest BCUT2D eigenvalue weighted by Crippen LogP contribution is 2.22. The number of rotatable bonds is 4. The molecule has 0 saturated heterocycles. The van der Waals surface area contributed by atoms with Crippen molar-refractivity contribution in [1.82, 2.24) is 24.6 Å². The molecule has 0 fully saturated rings. The van der Waals surface area contributed by atoms with E-state index in [1.165, 1.54) is 5.56 Å². The van der Waals surface area contributed by atoms with Crippen LogP contribution in [0.15, 0.2) is 72.3 Å². The van der Waals surface area contributed by atoms with Crippen molar-refractivity contribution in [2.75, 3.05) is 0 Å². The number of thioether (sulfide) groups is 1.